The number of rotatable bonds is 6. The third-order valence-corrected chi connectivity index (χ3v) is 7.44. The first kappa shape index (κ1) is 23.9. The maximum Gasteiger partial charge on any atom is 0.278 e. The molecule has 0 fully saturated rings. The van der Waals surface area contributed by atoms with Crippen molar-refractivity contribution < 1.29 is 8.42 Å². The van der Waals surface area contributed by atoms with Gasteiger partial charge in [0.15, 0.2) is 5.65 Å². The molecule has 4 heterocycles. The van der Waals surface area contributed by atoms with Crippen LogP contribution < -0.4 is 20.5 Å². The van der Waals surface area contributed by atoms with Crippen molar-refractivity contribution >= 4 is 38.5 Å². The number of pyridine rings is 1. The Hall–Kier alpha value is -3.77. The first-order valence-corrected chi connectivity index (χ1v) is 13.5. The number of fused-ring (bicyclic) bond motifs is 2. The number of nitrogens with one attached hydrogen (secondary N) is 2. The van der Waals surface area contributed by atoms with Crippen LogP contribution in [-0.2, 0) is 23.0 Å². The Balaban J connectivity index is 1.62. The number of anilines is 3. The highest BCUT2D eigenvalue weighted by molar-refractivity contribution is 7.92. The molecule has 0 unspecified atom stereocenters. The monoisotopic (exact) mass is 508 g/mol. The molecule has 0 radical (unpaired) electrons. The molecule has 2 N–H and O–H groups in total. The van der Waals surface area contributed by atoms with Crippen LogP contribution >= 0.6 is 0 Å². The van der Waals surface area contributed by atoms with Crippen LogP contribution in [0.1, 0.15) is 31.0 Å². The third-order valence-electron chi connectivity index (χ3n) is 6.26. The molecular weight excluding hydrogens is 480 g/mol. The molecule has 1 aromatic carbocycles. The topological polar surface area (TPSA) is 127 Å². The van der Waals surface area contributed by atoms with Crippen LogP contribution in [0.25, 0.3) is 16.7 Å². The molecule has 0 saturated heterocycles. The second-order valence-electron chi connectivity index (χ2n) is 9.12. The van der Waals surface area contributed by atoms with E-state index in [0.29, 0.717) is 22.7 Å². The molecule has 36 heavy (non-hydrogen) atoms. The van der Waals surface area contributed by atoms with E-state index in [-0.39, 0.29) is 17.4 Å². The van der Waals surface area contributed by atoms with E-state index in [0.717, 1.165) is 35.8 Å². The van der Waals surface area contributed by atoms with Gasteiger partial charge in [0, 0.05) is 43.8 Å². The smallest absolute Gasteiger partial charge is 0.278 e. The van der Waals surface area contributed by atoms with E-state index in [2.05, 4.69) is 32.7 Å². The Kier molecular flexibility index (Phi) is 6.00. The fourth-order valence-corrected chi connectivity index (χ4v) is 4.78. The summed E-state index contributed by atoms with van der Waals surface area (Å²) in [6.45, 7) is 5.60. The Morgan fingerprint density at radius 2 is 1.94 bits per heavy atom. The lowest BCUT2D eigenvalue weighted by molar-refractivity contribution is 0.476. The van der Waals surface area contributed by atoms with Crippen LogP contribution in [0.2, 0.25) is 0 Å². The third kappa shape index (κ3) is 4.33. The van der Waals surface area contributed by atoms with Crippen molar-refractivity contribution in [2.24, 2.45) is 0 Å². The van der Waals surface area contributed by atoms with Crippen LogP contribution in [0.3, 0.4) is 0 Å². The minimum absolute atomic E-state index is 0.193. The van der Waals surface area contributed by atoms with E-state index in [9.17, 15) is 13.2 Å². The number of sulfonamides is 1. The maximum absolute atomic E-state index is 13.3. The van der Waals surface area contributed by atoms with Gasteiger partial charge in [-0.3, -0.25) is 9.10 Å². The SMILES string of the molecule is CC(C)n1c(=O)c2cnc(Nc3ccc4c(c3)CCNC4)nc2n1-c1ccnc(N(C)S(C)(=O)=O)c1. The lowest BCUT2D eigenvalue weighted by Gasteiger charge is -2.19. The molecule has 12 heteroatoms. The van der Waals surface area contributed by atoms with Crippen LogP contribution in [0.15, 0.2) is 47.5 Å². The van der Waals surface area contributed by atoms with Gasteiger partial charge in [0.25, 0.3) is 5.56 Å². The average Bonchev–Trinajstić information content (AvgIpc) is 3.15. The zero-order valence-corrected chi connectivity index (χ0v) is 21.4. The molecule has 188 valence electrons. The average molecular weight is 509 g/mol. The van der Waals surface area contributed by atoms with Crippen molar-refractivity contribution in [1.29, 1.82) is 0 Å². The van der Waals surface area contributed by atoms with Crippen molar-refractivity contribution in [2.75, 3.05) is 29.5 Å². The number of aromatic nitrogens is 5. The van der Waals surface area contributed by atoms with E-state index in [1.54, 1.807) is 21.5 Å². The van der Waals surface area contributed by atoms with E-state index in [4.69, 9.17) is 4.98 Å². The predicted octanol–water partition coefficient (Wildman–Crippen LogP) is 2.34. The van der Waals surface area contributed by atoms with Crippen molar-refractivity contribution in [2.45, 2.75) is 32.9 Å². The van der Waals surface area contributed by atoms with Crippen molar-refractivity contribution in [3.8, 4) is 5.69 Å². The fraction of sp³-hybridized carbons (Fsp3) is 0.333. The summed E-state index contributed by atoms with van der Waals surface area (Å²) in [5.74, 6) is 0.587. The molecule has 4 aromatic rings. The Morgan fingerprint density at radius 1 is 1.14 bits per heavy atom. The zero-order chi connectivity index (χ0) is 25.6. The number of hydrogen-bond acceptors (Lipinski definition) is 8. The van der Waals surface area contributed by atoms with Gasteiger partial charge in [-0.15, -0.1) is 0 Å². The molecule has 0 aliphatic carbocycles. The summed E-state index contributed by atoms with van der Waals surface area (Å²) in [4.78, 5) is 26.6. The van der Waals surface area contributed by atoms with Gasteiger partial charge < -0.3 is 10.6 Å². The Labute approximate surface area is 208 Å². The molecule has 0 atom stereocenters. The highest BCUT2D eigenvalue weighted by Crippen LogP contribution is 2.25. The highest BCUT2D eigenvalue weighted by Gasteiger charge is 2.21. The van der Waals surface area contributed by atoms with Gasteiger partial charge in [-0.2, -0.15) is 4.98 Å². The quantitative estimate of drug-likeness (QED) is 0.406. The summed E-state index contributed by atoms with van der Waals surface area (Å²) in [6.07, 6.45) is 5.10. The molecule has 0 saturated carbocycles. The second-order valence-corrected chi connectivity index (χ2v) is 11.1. The molecule has 0 amide bonds. The highest BCUT2D eigenvalue weighted by atomic mass is 32.2. The van der Waals surface area contributed by atoms with Gasteiger partial charge in [-0.05, 0) is 56.1 Å². The van der Waals surface area contributed by atoms with E-state index < -0.39 is 10.0 Å². The van der Waals surface area contributed by atoms with Crippen molar-refractivity contribution in [3.63, 3.8) is 0 Å². The number of hydrogen-bond donors (Lipinski definition) is 2. The van der Waals surface area contributed by atoms with Crippen LogP contribution in [0.4, 0.5) is 17.5 Å². The Bertz CT molecular complexity index is 1620. The predicted molar refractivity (Wildman–Crippen MR) is 140 cm³/mol. The minimum Gasteiger partial charge on any atom is -0.324 e. The minimum atomic E-state index is -3.51. The first-order valence-electron chi connectivity index (χ1n) is 11.6. The lowest BCUT2D eigenvalue weighted by Crippen LogP contribution is -2.27. The largest absolute Gasteiger partial charge is 0.324 e. The van der Waals surface area contributed by atoms with Gasteiger partial charge >= 0.3 is 0 Å². The molecule has 1 aliphatic rings. The van der Waals surface area contributed by atoms with Gasteiger partial charge in [-0.25, -0.2) is 27.7 Å². The Morgan fingerprint density at radius 3 is 2.69 bits per heavy atom. The van der Waals surface area contributed by atoms with Crippen LogP contribution in [0.5, 0.6) is 0 Å². The summed E-state index contributed by atoms with van der Waals surface area (Å²) in [6, 6.07) is 9.32. The number of nitrogens with zero attached hydrogens (tertiary/aromatic N) is 6. The molecule has 0 bridgehead atoms. The van der Waals surface area contributed by atoms with Crippen LogP contribution in [-0.4, -0.2) is 52.6 Å². The molecule has 11 nitrogen and oxygen atoms in total. The molecular formula is C24H28N8O3S. The lowest BCUT2D eigenvalue weighted by atomic mass is 10.0. The summed E-state index contributed by atoms with van der Waals surface area (Å²) in [5, 5.41) is 6.99. The van der Waals surface area contributed by atoms with Crippen molar-refractivity contribution in [3.05, 3.63) is 64.2 Å². The van der Waals surface area contributed by atoms with E-state index in [1.807, 2.05) is 19.9 Å². The van der Waals surface area contributed by atoms with E-state index in [1.165, 1.54) is 30.6 Å². The van der Waals surface area contributed by atoms with Gasteiger partial charge in [-0.1, -0.05) is 6.07 Å². The standard InChI is InChI=1S/C24H28N8O3S/c1-15(2)31-23(33)20-14-27-24(28-18-6-5-17-13-25-9-7-16(17)11-18)29-22(20)32(31)19-8-10-26-21(12-19)30(3)36(4,34)35/h5-6,8,10-12,14-15,25H,7,9,13H2,1-4H3,(H,27,28,29). The fourth-order valence-electron chi connectivity index (χ4n) is 4.34. The normalized spacial score (nSPS) is 13.7. The summed E-state index contributed by atoms with van der Waals surface area (Å²) in [7, 11) is -2.08. The summed E-state index contributed by atoms with van der Waals surface area (Å²) in [5.41, 5.74) is 4.16. The summed E-state index contributed by atoms with van der Waals surface area (Å²) < 4.78 is 28.5. The molecule has 0 spiro atoms. The molecule has 1 aliphatic heterocycles. The maximum atomic E-state index is 13.3. The first-order chi connectivity index (χ1) is 17.1. The second kappa shape index (κ2) is 9.03. The number of benzene rings is 1. The van der Waals surface area contributed by atoms with Gasteiger partial charge in [0.05, 0.1) is 11.9 Å². The van der Waals surface area contributed by atoms with Crippen LogP contribution in [0, 0.1) is 0 Å². The van der Waals surface area contributed by atoms with Gasteiger partial charge in [0.1, 0.15) is 11.2 Å². The summed E-state index contributed by atoms with van der Waals surface area (Å²) >= 11 is 0. The molecule has 3 aromatic heterocycles. The molecule has 5 rings (SSSR count). The zero-order valence-electron chi connectivity index (χ0n) is 20.6. The van der Waals surface area contributed by atoms with E-state index >= 15 is 0 Å². The van der Waals surface area contributed by atoms with Gasteiger partial charge in [0.2, 0.25) is 16.0 Å². The van der Waals surface area contributed by atoms with Crippen molar-refractivity contribution in [1.82, 2.24) is 29.6 Å².